The SMILES string of the molecule is BC(C)(SC(C)N)C(C)C. The molecule has 0 spiro atoms. The minimum atomic E-state index is 0.248. The van der Waals surface area contributed by atoms with Crippen LogP contribution in [0.15, 0.2) is 0 Å². The fourth-order valence-electron chi connectivity index (χ4n) is 0.615. The topological polar surface area (TPSA) is 26.0 Å². The van der Waals surface area contributed by atoms with E-state index in [1.165, 1.54) is 0 Å². The zero-order valence-electron chi connectivity index (χ0n) is 7.64. The normalized spacial score (nSPS) is 20.6. The second-order valence-electron chi connectivity index (χ2n) is 3.58. The Hall–Kier alpha value is 0.375. The van der Waals surface area contributed by atoms with E-state index in [9.17, 15) is 0 Å². The summed E-state index contributed by atoms with van der Waals surface area (Å²) in [7, 11) is 2.24. The number of thioether (sulfide) groups is 1. The average Bonchev–Trinajstić information content (AvgIpc) is 1.60. The fraction of sp³-hybridized carbons (Fsp3) is 1.00. The summed E-state index contributed by atoms with van der Waals surface area (Å²) in [4.78, 5) is 0. The van der Waals surface area contributed by atoms with Gasteiger partial charge in [0, 0.05) is 5.37 Å². The Morgan fingerprint density at radius 3 is 1.90 bits per heavy atom. The van der Waals surface area contributed by atoms with Gasteiger partial charge in [-0.05, 0) is 17.5 Å². The van der Waals surface area contributed by atoms with E-state index in [0.29, 0.717) is 10.6 Å². The first-order chi connectivity index (χ1) is 4.36. The molecule has 0 rings (SSSR count). The lowest BCUT2D eigenvalue weighted by atomic mass is 9.79. The van der Waals surface area contributed by atoms with E-state index in [0.717, 1.165) is 0 Å². The molecule has 0 saturated heterocycles. The zero-order chi connectivity index (χ0) is 8.36. The molecule has 10 heavy (non-hydrogen) atoms. The molecule has 0 heterocycles. The Morgan fingerprint density at radius 1 is 1.40 bits per heavy atom. The van der Waals surface area contributed by atoms with Crippen molar-refractivity contribution in [2.24, 2.45) is 11.7 Å². The van der Waals surface area contributed by atoms with Crippen LogP contribution in [0, 0.1) is 5.92 Å². The maximum Gasteiger partial charge on any atom is 0.122 e. The van der Waals surface area contributed by atoms with Crippen LogP contribution < -0.4 is 5.73 Å². The van der Waals surface area contributed by atoms with E-state index in [4.69, 9.17) is 5.73 Å². The second-order valence-corrected chi connectivity index (χ2v) is 5.61. The third kappa shape index (κ3) is 3.52. The highest BCUT2D eigenvalue weighted by atomic mass is 32.2. The van der Waals surface area contributed by atoms with Crippen molar-refractivity contribution in [3.8, 4) is 0 Å². The van der Waals surface area contributed by atoms with Crippen molar-refractivity contribution >= 4 is 19.6 Å². The Kier molecular flexibility index (Phi) is 3.81. The van der Waals surface area contributed by atoms with Crippen LogP contribution in [0.3, 0.4) is 0 Å². The summed E-state index contributed by atoms with van der Waals surface area (Å²) in [6.45, 7) is 8.74. The van der Waals surface area contributed by atoms with Crippen molar-refractivity contribution in [1.82, 2.24) is 0 Å². The van der Waals surface area contributed by atoms with Gasteiger partial charge < -0.3 is 5.73 Å². The van der Waals surface area contributed by atoms with Gasteiger partial charge in [0.2, 0.25) is 0 Å². The van der Waals surface area contributed by atoms with Crippen molar-refractivity contribution in [1.29, 1.82) is 0 Å². The molecule has 0 aliphatic heterocycles. The lowest BCUT2D eigenvalue weighted by Gasteiger charge is -2.30. The van der Waals surface area contributed by atoms with Crippen molar-refractivity contribution in [3.63, 3.8) is 0 Å². The standard InChI is InChI=1S/C7H18BNS/c1-5(2)7(4,8)10-6(3)9/h5-6H,8-9H2,1-4H3. The molecule has 0 fully saturated rings. The average molecular weight is 159 g/mol. The third-order valence-electron chi connectivity index (χ3n) is 1.88. The smallest absolute Gasteiger partial charge is 0.122 e. The van der Waals surface area contributed by atoms with Gasteiger partial charge in [-0.3, -0.25) is 0 Å². The molecule has 2 atom stereocenters. The third-order valence-corrected chi connectivity index (χ3v) is 3.33. The Bertz CT molecular complexity index is 102. The quantitative estimate of drug-likeness (QED) is 0.491. The molecule has 2 N–H and O–H groups in total. The number of rotatable bonds is 3. The summed E-state index contributed by atoms with van der Waals surface area (Å²) in [6.07, 6.45) is 0. The van der Waals surface area contributed by atoms with Crippen LogP contribution in [0.2, 0.25) is 0 Å². The summed E-state index contributed by atoms with van der Waals surface area (Å²) in [5.74, 6) is 0.684. The van der Waals surface area contributed by atoms with Gasteiger partial charge in [0.1, 0.15) is 7.85 Å². The van der Waals surface area contributed by atoms with Crippen molar-refractivity contribution in [2.75, 3.05) is 0 Å². The van der Waals surface area contributed by atoms with Crippen LogP contribution in [0.5, 0.6) is 0 Å². The summed E-state index contributed by atoms with van der Waals surface area (Å²) in [5.41, 5.74) is 5.68. The predicted octanol–water partition coefficient (Wildman–Crippen LogP) is 1.03. The Balaban J connectivity index is 3.87. The van der Waals surface area contributed by atoms with E-state index in [-0.39, 0.29) is 5.37 Å². The molecular formula is C7H18BNS. The van der Waals surface area contributed by atoms with Gasteiger partial charge in [0.25, 0.3) is 0 Å². The summed E-state index contributed by atoms with van der Waals surface area (Å²) >= 11 is 1.84. The zero-order valence-corrected chi connectivity index (χ0v) is 8.46. The van der Waals surface area contributed by atoms with E-state index in [1.807, 2.05) is 18.7 Å². The molecule has 60 valence electrons. The maximum absolute atomic E-state index is 5.68. The first-order valence-electron chi connectivity index (χ1n) is 3.79. The minimum absolute atomic E-state index is 0.248. The minimum Gasteiger partial charge on any atom is -0.320 e. The summed E-state index contributed by atoms with van der Waals surface area (Å²) in [6, 6.07) is 0. The van der Waals surface area contributed by atoms with E-state index in [1.54, 1.807) is 0 Å². The molecule has 0 aromatic rings. The predicted molar refractivity (Wildman–Crippen MR) is 53.0 cm³/mol. The number of nitrogens with two attached hydrogens (primary N) is 1. The molecule has 0 bridgehead atoms. The van der Waals surface area contributed by atoms with Crippen LogP contribution in [0.1, 0.15) is 27.7 Å². The first-order valence-corrected chi connectivity index (χ1v) is 4.67. The van der Waals surface area contributed by atoms with E-state index in [2.05, 4.69) is 28.6 Å². The van der Waals surface area contributed by atoms with Gasteiger partial charge in [-0.2, -0.15) is 0 Å². The maximum atomic E-state index is 5.68. The van der Waals surface area contributed by atoms with Gasteiger partial charge in [0.05, 0.1) is 0 Å². The molecule has 0 aliphatic rings. The molecule has 0 aromatic carbocycles. The van der Waals surface area contributed by atoms with Gasteiger partial charge in [0.15, 0.2) is 0 Å². The highest BCUT2D eigenvalue weighted by molar-refractivity contribution is 8.02. The molecular weight excluding hydrogens is 141 g/mol. The second kappa shape index (κ2) is 3.68. The summed E-state index contributed by atoms with van der Waals surface area (Å²) < 4.78 is 0.314. The van der Waals surface area contributed by atoms with Crippen LogP contribution >= 0.6 is 11.8 Å². The lowest BCUT2D eigenvalue weighted by Crippen LogP contribution is -2.32. The molecule has 0 aromatic heterocycles. The van der Waals surface area contributed by atoms with Crippen molar-refractivity contribution in [2.45, 2.75) is 37.7 Å². The Labute approximate surface area is 69.5 Å². The molecule has 0 amide bonds. The Morgan fingerprint density at radius 2 is 1.80 bits per heavy atom. The number of hydrogen-bond acceptors (Lipinski definition) is 2. The van der Waals surface area contributed by atoms with Crippen LogP contribution in [0.4, 0.5) is 0 Å². The van der Waals surface area contributed by atoms with Crippen LogP contribution in [0.25, 0.3) is 0 Å². The largest absolute Gasteiger partial charge is 0.320 e. The van der Waals surface area contributed by atoms with Crippen LogP contribution in [-0.2, 0) is 0 Å². The van der Waals surface area contributed by atoms with Crippen LogP contribution in [-0.4, -0.2) is 17.9 Å². The van der Waals surface area contributed by atoms with Gasteiger partial charge >= 0.3 is 0 Å². The highest BCUT2D eigenvalue weighted by Crippen LogP contribution is 2.30. The van der Waals surface area contributed by atoms with Gasteiger partial charge in [-0.1, -0.05) is 20.8 Å². The van der Waals surface area contributed by atoms with E-state index < -0.39 is 0 Å². The fourth-order valence-corrected chi connectivity index (χ4v) is 1.85. The molecule has 3 heteroatoms. The molecule has 2 unspecified atom stereocenters. The van der Waals surface area contributed by atoms with E-state index >= 15 is 0 Å². The van der Waals surface area contributed by atoms with Crippen molar-refractivity contribution < 1.29 is 0 Å². The molecule has 0 saturated carbocycles. The van der Waals surface area contributed by atoms with Crippen molar-refractivity contribution in [3.05, 3.63) is 0 Å². The van der Waals surface area contributed by atoms with Gasteiger partial charge in [-0.25, -0.2) is 0 Å². The van der Waals surface area contributed by atoms with Gasteiger partial charge in [-0.15, -0.1) is 11.8 Å². The first kappa shape index (κ1) is 10.4. The highest BCUT2D eigenvalue weighted by Gasteiger charge is 2.23. The number of hydrogen-bond donors (Lipinski definition) is 1. The molecule has 0 radical (unpaired) electrons. The monoisotopic (exact) mass is 159 g/mol. The lowest BCUT2D eigenvalue weighted by molar-refractivity contribution is 0.592. The molecule has 1 nitrogen and oxygen atoms in total. The molecule has 0 aliphatic carbocycles. The summed E-state index contributed by atoms with van der Waals surface area (Å²) in [5, 5.41) is 0.248.